The molecule has 3 heterocycles. The third-order valence-corrected chi connectivity index (χ3v) is 5.13. The SMILES string of the molecule is Fc1cnc(-c2c[nH]c3ncc(Cl)cc23)nc1NC1CCc2ccccc21. The number of benzene rings is 1. The molecule has 1 unspecified atom stereocenters. The number of fused-ring (bicyclic) bond motifs is 2. The molecule has 5 rings (SSSR count). The van der Waals surface area contributed by atoms with Crippen LogP contribution in [0.3, 0.4) is 0 Å². The fraction of sp³-hybridized carbons (Fsp3) is 0.150. The van der Waals surface area contributed by atoms with Crippen LogP contribution in [0.4, 0.5) is 10.2 Å². The Labute approximate surface area is 159 Å². The highest BCUT2D eigenvalue weighted by molar-refractivity contribution is 6.31. The number of hydrogen-bond donors (Lipinski definition) is 2. The standard InChI is InChI=1S/C20H15ClFN5/c21-12-7-14-15(9-24-18(14)23-8-12)19-25-10-16(22)20(27-19)26-17-6-5-11-3-1-2-4-13(11)17/h1-4,7-10,17H,5-6H2,(H,23,24)(H,25,26,27). The highest BCUT2D eigenvalue weighted by Crippen LogP contribution is 2.34. The van der Waals surface area contributed by atoms with E-state index in [0.29, 0.717) is 16.5 Å². The van der Waals surface area contributed by atoms with E-state index in [1.165, 1.54) is 17.3 Å². The molecule has 0 saturated heterocycles. The van der Waals surface area contributed by atoms with E-state index in [0.717, 1.165) is 23.8 Å². The Morgan fingerprint density at radius 3 is 3.00 bits per heavy atom. The monoisotopic (exact) mass is 379 g/mol. The Kier molecular flexibility index (Phi) is 3.79. The zero-order valence-electron chi connectivity index (χ0n) is 14.2. The van der Waals surface area contributed by atoms with E-state index < -0.39 is 5.82 Å². The van der Waals surface area contributed by atoms with E-state index in [1.54, 1.807) is 18.5 Å². The van der Waals surface area contributed by atoms with Crippen LogP contribution in [-0.2, 0) is 6.42 Å². The fourth-order valence-electron chi connectivity index (χ4n) is 3.63. The van der Waals surface area contributed by atoms with Crippen LogP contribution in [0.2, 0.25) is 5.02 Å². The topological polar surface area (TPSA) is 66.5 Å². The molecule has 1 aliphatic carbocycles. The maximum Gasteiger partial charge on any atom is 0.183 e. The number of aromatic nitrogens is 4. The molecular weight excluding hydrogens is 365 g/mol. The molecule has 0 saturated carbocycles. The third-order valence-electron chi connectivity index (χ3n) is 4.93. The Morgan fingerprint density at radius 1 is 1.19 bits per heavy atom. The molecule has 3 aromatic heterocycles. The van der Waals surface area contributed by atoms with E-state index in [9.17, 15) is 4.39 Å². The lowest BCUT2D eigenvalue weighted by molar-refractivity contribution is 0.611. The first-order chi connectivity index (χ1) is 13.2. The number of halogens is 2. The lowest BCUT2D eigenvalue weighted by atomic mass is 10.1. The number of hydrogen-bond acceptors (Lipinski definition) is 4. The molecule has 0 radical (unpaired) electrons. The van der Waals surface area contributed by atoms with Crippen LogP contribution in [0, 0.1) is 5.82 Å². The van der Waals surface area contributed by atoms with Gasteiger partial charge in [0.1, 0.15) is 5.65 Å². The van der Waals surface area contributed by atoms with Crippen molar-refractivity contribution in [2.75, 3.05) is 5.32 Å². The van der Waals surface area contributed by atoms with Crippen molar-refractivity contribution < 1.29 is 4.39 Å². The second-order valence-corrected chi connectivity index (χ2v) is 7.01. The summed E-state index contributed by atoms with van der Waals surface area (Å²) in [6, 6.07) is 10.1. The van der Waals surface area contributed by atoms with Gasteiger partial charge in [0.05, 0.1) is 17.3 Å². The minimum absolute atomic E-state index is 0.0394. The molecule has 0 aliphatic heterocycles. The first-order valence-electron chi connectivity index (χ1n) is 8.69. The van der Waals surface area contributed by atoms with Gasteiger partial charge in [-0.25, -0.2) is 19.3 Å². The number of nitrogens with one attached hydrogen (secondary N) is 2. The largest absolute Gasteiger partial charge is 0.361 e. The van der Waals surface area contributed by atoms with Crippen LogP contribution in [0.15, 0.2) is 48.9 Å². The molecule has 1 aromatic carbocycles. The van der Waals surface area contributed by atoms with Gasteiger partial charge in [0.15, 0.2) is 17.5 Å². The molecule has 2 N–H and O–H groups in total. The number of H-pyrrole nitrogens is 1. The molecular formula is C20H15ClFN5. The summed E-state index contributed by atoms with van der Waals surface area (Å²) in [7, 11) is 0. The van der Waals surface area contributed by atoms with Crippen LogP contribution in [0.25, 0.3) is 22.4 Å². The Balaban J connectivity index is 1.53. The van der Waals surface area contributed by atoms with Gasteiger partial charge >= 0.3 is 0 Å². The average molecular weight is 380 g/mol. The highest BCUT2D eigenvalue weighted by Gasteiger charge is 2.23. The molecule has 4 aromatic rings. The van der Waals surface area contributed by atoms with E-state index in [-0.39, 0.29) is 11.9 Å². The number of aromatic amines is 1. The van der Waals surface area contributed by atoms with Crippen molar-refractivity contribution in [3.05, 3.63) is 70.9 Å². The van der Waals surface area contributed by atoms with Gasteiger partial charge in [0, 0.05) is 23.3 Å². The predicted octanol–water partition coefficient (Wildman–Crippen LogP) is 4.91. The average Bonchev–Trinajstić information content (AvgIpc) is 3.28. The fourth-order valence-corrected chi connectivity index (χ4v) is 3.79. The molecule has 0 amide bonds. The number of aryl methyl sites for hydroxylation is 1. The Hall–Kier alpha value is -2.99. The van der Waals surface area contributed by atoms with Gasteiger partial charge in [-0.05, 0) is 30.0 Å². The summed E-state index contributed by atoms with van der Waals surface area (Å²) in [5.41, 5.74) is 3.90. The summed E-state index contributed by atoms with van der Waals surface area (Å²) < 4.78 is 14.4. The van der Waals surface area contributed by atoms with Crippen molar-refractivity contribution in [2.24, 2.45) is 0 Å². The van der Waals surface area contributed by atoms with Gasteiger partial charge in [-0.2, -0.15) is 0 Å². The number of rotatable bonds is 3. The highest BCUT2D eigenvalue weighted by atomic mass is 35.5. The Morgan fingerprint density at radius 2 is 2.07 bits per heavy atom. The number of pyridine rings is 1. The van der Waals surface area contributed by atoms with E-state index in [2.05, 4.69) is 37.4 Å². The van der Waals surface area contributed by atoms with Gasteiger partial charge in [-0.3, -0.25) is 0 Å². The second-order valence-electron chi connectivity index (χ2n) is 6.58. The zero-order valence-corrected chi connectivity index (χ0v) is 15.0. The Bertz CT molecular complexity index is 1160. The van der Waals surface area contributed by atoms with Crippen molar-refractivity contribution in [3.8, 4) is 11.4 Å². The molecule has 0 fully saturated rings. The molecule has 0 bridgehead atoms. The third kappa shape index (κ3) is 2.82. The summed E-state index contributed by atoms with van der Waals surface area (Å²) in [5, 5.41) is 4.57. The molecule has 0 spiro atoms. The van der Waals surface area contributed by atoms with Gasteiger partial charge in [0.25, 0.3) is 0 Å². The normalized spacial score (nSPS) is 15.9. The lowest BCUT2D eigenvalue weighted by Gasteiger charge is -2.15. The minimum atomic E-state index is -0.473. The lowest BCUT2D eigenvalue weighted by Crippen LogP contribution is -2.11. The maximum absolute atomic E-state index is 14.4. The van der Waals surface area contributed by atoms with Gasteiger partial charge in [-0.15, -0.1) is 0 Å². The molecule has 5 nitrogen and oxygen atoms in total. The summed E-state index contributed by atoms with van der Waals surface area (Å²) in [6.07, 6.45) is 6.41. The van der Waals surface area contributed by atoms with Crippen molar-refractivity contribution in [3.63, 3.8) is 0 Å². The second kappa shape index (κ2) is 6.32. The van der Waals surface area contributed by atoms with Crippen LogP contribution >= 0.6 is 11.6 Å². The van der Waals surface area contributed by atoms with Gasteiger partial charge in [0.2, 0.25) is 0 Å². The molecule has 134 valence electrons. The molecule has 1 atom stereocenters. The van der Waals surface area contributed by atoms with Crippen molar-refractivity contribution >= 4 is 28.5 Å². The predicted molar refractivity (Wildman–Crippen MR) is 103 cm³/mol. The zero-order chi connectivity index (χ0) is 18.4. The van der Waals surface area contributed by atoms with Crippen molar-refractivity contribution in [2.45, 2.75) is 18.9 Å². The number of anilines is 1. The van der Waals surface area contributed by atoms with E-state index in [1.807, 2.05) is 12.1 Å². The van der Waals surface area contributed by atoms with Crippen molar-refractivity contribution in [1.29, 1.82) is 0 Å². The van der Waals surface area contributed by atoms with Crippen molar-refractivity contribution in [1.82, 2.24) is 19.9 Å². The van der Waals surface area contributed by atoms with Crippen LogP contribution < -0.4 is 5.32 Å². The molecule has 7 heteroatoms. The van der Waals surface area contributed by atoms with E-state index in [4.69, 9.17) is 11.6 Å². The first kappa shape index (κ1) is 16.2. The van der Waals surface area contributed by atoms with Crippen LogP contribution in [-0.4, -0.2) is 19.9 Å². The van der Waals surface area contributed by atoms with Crippen LogP contribution in [0.1, 0.15) is 23.6 Å². The summed E-state index contributed by atoms with van der Waals surface area (Å²) in [5.74, 6) is 0.144. The summed E-state index contributed by atoms with van der Waals surface area (Å²) in [6.45, 7) is 0. The first-order valence-corrected chi connectivity index (χ1v) is 9.07. The van der Waals surface area contributed by atoms with Gasteiger partial charge < -0.3 is 10.3 Å². The number of nitrogens with zero attached hydrogens (tertiary/aromatic N) is 3. The van der Waals surface area contributed by atoms with Gasteiger partial charge in [-0.1, -0.05) is 35.9 Å². The summed E-state index contributed by atoms with van der Waals surface area (Å²) in [4.78, 5) is 15.9. The smallest absolute Gasteiger partial charge is 0.183 e. The minimum Gasteiger partial charge on any atom is -0.361 e. The quantitative estimate of drug-likeness (QED) is 0.530. The van der Waals surface area contributed by atoms with E-state index >= 15 is 0 Å². The summed E-state index contributed by atoms with van der Waals surface area (Å²) >= 11 is 6.06. The molecule has 27 heavy (non-hydrogen) atoms. The molecule has 1 aliphatic rings. The maximum atomic E-state index is 14.4. The van der Waals surface area contributed by atoms with Crippen LogP contribution in [0.5, 0.6) is 0 Å².